The first-order valence-electron chi connectivity index (χ1n) is 11.0. The molecule has 0 N–H and O–H groups in total. The number of hydrogen-bond donors (Lipinski definition) is 0. The molecule has 0 bridgehead atoms. The van der Waals surface area contributed by atoms with Gasteiger partial charge in [0.2, 0.25) is 5.91 Å². The largest absolute Gasteiger partial charge is 0.297 e. The van der Waals surface area contributed by atoms with E-state index in [9.17, 15) is 4.79 Å². The molecule has 0 unspecified atom stereocenters. The van der Waals surface area contributed by atoms with Crippen molar-refractivity contribution in [3.63, 3.8) is 0 Å². The molecule has 0 radical (unpaired) electrons. The van der Waals surface area contributed by atoms with E-state index in [1.807, 2.05) is 42.5 Å². The summed E-state index contributed by atoms with van der Waals surface area (Å²) in [5.74, 6) is 0.524. The number of carbonyl (C=O) groups is 1. The van der Waals surface area contributed by atoms with Crippen LogP contribution >= 0.6 is 22.7 Å². The lowest BCUT2D eigenvalue weighted by Crippen LogP contribution is -2.32. The zero-order valence-electron chi connectivity index (χ0n) is 18.3. The molecule has 4 aromatic rings. The number of para-hydroxylation sites is 1. The summed E-state index contributed by atoms with van der Waals surface area (Å²) in [5, 5.41) is 4.09. The fourth-order valence-electron chi connectivity index (χ4n) is 4.22. The summed E-state index contributed by atoms with van der Waals surface area (Å²) in [6.07, 6.45) is 2.25. The maximum atomic E-state index is 12.3. The Hall–Kier alpha value is -2.61. The average molecular weight is 463 g/mol. The summed E-state index contributed by atoms with van der Waals surface area (Å²) in [7, 11) is 0. The van der Waals surface area contributed by atoms with E-state index in [4.69, 9.17) is 9.97 Å². The second-order valence-corrected chi connectivity index (χ2v) is 10.3. The quantitative estimate of drug-likeness (QED) is 0.358. The molecule has 0 spiro atoms. The standard InChI is InChI=1S/C25H26N4OS2/c1-17-7-9-21(10-8-17)29(18(2)30)25-26-20(16-31-25)15-28-13-11-19(12-14-28)24-27-22-5-3-4-6-23(22)32-24/h3-10,16,19H,11-15H2,1-2H3. The van der Waals surface area contributed by atoms with Gasteiger partial charge in [-0.1, -0.05) is 29.8 Å². The Morgan fingerprint density at radius 3 is 2.56 bits per heavy atom. The molecule has 0 saturated carbocycles. The van der Waals surface area contributed by atoms with Crippen LogP contribution in [0.5, 0.6) is 0 Å². The van der Waals surface area contributed by atoms with Gasteiger partial charge in [-0.3, -0.25) is 14.6 Å². The molecule has 1 fully saturated rings. The number of anilines is 2. The molecule has 5 rings (SSSR count). The number of fused-ring (bicyclic) bond motifs is 1. The molecule has 2 aromatic carbocycles. The number of thiazole rings is 2. The maximum absolute atomic E-state index is 12.3. The van der Waals surface area contributed by atoms with Crippen molar-refractivity contribution in [1.29, 1.82) is 0 Å². The van der Waals surface area contributed by atoms with E-state index in [1.54, 1.807) is 11.8 Å². The SMILES string of the molecule is CC(=O)N(c1ccc(C)cc1)c1nc(CN2CCC(c3nc4ccccc4s3)CC2)cs1. The molecule has 2 aromatic heterocycles. The van der Waals surface area contributed by atoms with E-state index in [0.717, 1.165) is 54.5 Å². The fourth-order valence-corrected chi connectivity index (χ4v) is 6.24. The van der Waals surface area contributed by atoms with E-state index in [-0.39, 0.29) is 5.91 Å². The molecule has 164 valence electrons. The third kappa shape index (κ3) is 4.46. The third-order valence-electron chi connectivity index (χ3n) is 5.97. The molecular formula is C25H26N4OS2. The van der Waals surface area contributed by atoms with Crippen molar-refractivity contribution in [2.24, 2.45) is 0 Å². The minimum atomic E-state index is -0.0218. The van der Waals surface area contributed by atoms with Crippen molar-refractivity contribution in [2.45, 2.75) is 39.2 Å². The van der Waals surface area contributed by atoms with Crippen LogP contribution in [0.4, 0.5) is 10.8 Å². The third-order valence-corrected chi connectivity index (χ3v) is 8.04. The summed E-state index contributed by atoms with van der Waals surface area (Å²) < 4.78 is 1.28. The van der Waals surface area contributed by atoms with Crippen LogP contribution in [0.15, 0.2) is 53.9 Å². The fraction of sp³-hybridized carbons (Fsp3) is 0.320. The number of aromatic nitrogens is 2. The van der Waals surface area contributed by atoms with Gasteiger partial charge in [0, 0.05) is 24.8 Å². The molecule has 3 heterocycles. The summed E-state index contributed by atoms with van der Waals surface area (Å²) >= 11 is 3.37. The van der Waals surface area contributed by atoms with Crippen LogP contribution in [-0.2, 0) is 11.3 Å². The van der Waals surface area contributed by atoms with E-state index >= 15 is 0 Å². The number of amides is 1. The van der Waals surface area contributed by atoms with E-state index in [0.29, 0.717) is 5.92 Å². The summed E-state index contributed by atoms with van der Waals surface area (Å²) in [6.45, 7) is 6.55. The van der Waals surface area contributed by atoms with Gasteiger partial charge in [0.15, 0.2) is 5.13 Å². The Morgan fingerprint density at radius 1 is 1.09 bits per heavy atom. The van der Waals surface area contributed by atoms with Crippen LogP contribution in [0.3, 0.4) is 0 Å². The lowest BCUT2D eigenvalue weighted by Gasteiger charge is -2.30. The van der Waals surface area contributed by atoms with Gasteiger partial charge in [-0.2, -0.15) is 0 Å². The molecular weight excluding hydrogens is 436 g/mol. The number of nitrogens with zero attached hydrogens (tertiary/aromatic N) is 4. The van der Waals surface area contributed by atoms with E-state index in [2.05, 4.69) is 34.5 Å². The number of rotatable bonds is 5. The summed E-state index contributed by atoms with van der Waals surface area (Å²) in [5.41, 5.74) is 4.18. The molecule has 0 aliphatic carbocycles. The normalized spacial score (nSPS) is 15.3. The average Bonchev–Trinajstić information content (AvgIpc) is 3.43. The first kappa shape index (κ1) is 21.2. The van der Waals surface area contributed by atoms with E-state index in [1.165, 1.54) is 26.6 Å². The number of carbonyl (C=O) groups excluding carboxylic acids is 1. The molecule has 5 nitrogen and oxygen atoms in total. The first-order chi connectivity index (χ1) is 15.6. The van der Waals surface area contributed by atoms with Gasteiger partial charge in [-0.15, -0.1) is 22.7 Å². The Kier molecular flexibility index (Phi) is 6.04. The number of piperidine rings is 1. The molecule has 0 atom stereocenters. The zero-order chi connectivity index (χ0) is 22.1. The Balaban J connectivity index is 1.23. The van der Waals surface area contributed by atoms with Crippen LogP contribution < -0.4 is 4.90 Å². The number of hydrogen-bond acceptors (Lipinski definition) is 6. The predicted molar refractivity (Wildman–Crippen MR) is 133 cm³/mol. The maximum Gasteiger partial charge on any atom is 0.230 e. The smallest absolute Gasteiger partial charge is 0.230 e. The molecule has 1 aliphatic rings. The van der Waals surface area contributed by atoms with E-state index < -0.39 is 0 Å². The predicted octanol–water partition coefficient (Wildman–Crippen LogP) is 6.13. The number of aryl methyl sites for hydroxylation is 1. The lowest BCUT2D eigenvalue weighted by atomic mass is 9.97. The Labute approximate surface area is 196 Å². The first-order valence-corrected chi connectivity index (χ1v) is 12.7. The molecule has 7 heteroatoms. The molecule has 1 saturated heterocycles. The van der Waals surface area contributed by atoms with Crippen molar-refractivity contribution in [3.05, 3.63) is 70.2 Å². The van der Waals surface area contributed by atoms with Crippen molar-refractivity contribution < 1.29 is 4.79 Å². The monoisotopic (exact) mass is 462 g/mol. The van der Waals surface area contributed by atoms with Crippen LogP contribution in [0.2, 0.25) is 0 Å². The van der Waals surface area contributed by atoms with Crippen LogP contribution in [-0.4, -0.2) is 33.9 Å². The highest BCUT2D eigenvalue weighted by Gasteiger charge is 2.24. The van der Waals surface area contributed by atoms with Crippen molar-refractivity contribution >= 4 is 49.6 Å². The second-order valence-electron chi connectivity index (χ2n) is 8.38. The second kappa shape index (κ2) is 9.10. The molecule has 1 amide bonds. The van der Waals surface area contributed by atoms with Crippen LogP contribution in [0.25, 0.3) is 10.2 Å². The number of likely N-dealkylation sites (tertiary alicyclic amines) is 1. The van der Waals surface area contributed by atoms with Gasteiger partial charge >= 0.3 is 0 Å². The highest BCUT2D eigenvalue weighted by atomic mass is 32.1. The van der Waals surface area contributed by atoms with Gasteiger partial charge in [-0.25, -0.2) is 9.97 Å². The summed E-state index contributed by atoms with van der Waals surface area (Å²) in [6, 6.07) is 16.4. The lowest BCUT2D eigenvalue weighted by molar-refractivity contribution is -0.115. The van der Waals surface area contributed by atoms with Gasteiger partial charge in [0.25, 0.3) is 0 Å². The highest BCUT2D eigenvalue weighted by Crippen LogP contribution is 2.35. The van der Waals surface area contributed by atoms with Gasteiger partial charge in [-0.05, 0) is 57.1 Å². The minimum absolute atomic E-state index is 0.0218. The Morgan fingerprint density at radius 2 is 1.84 bits per heavy atom. The van der Waals surface area contributed by atoms with Crippen molar-refractivity contribution in [1.82, 2.24) is 14.9 Å². The van der Waals surface area contributed by atoms with Gasteiger partial charge < -0.3 is 0 Å². The highest BCUT2D eigenvalue weighted by molar-refractivity contribution is 7.18. The summed E-state index contributed by atoms with van der Waals surface area (Å²) in [4.78, 5) is 26.2. The van der Waals surface area contributed by atoms with Crippen molar-refractivity contribution in [3.8, 4) is 0 Å². The Bertz CT molecular complexity index is 1190. The van der Waals surface area contributed by atoms with Crippen LogP contribution in [0, 0.1) is 6.92 Å². The minimum Gasteiger partial charge on any atom is -0.297 e. The topological polar surface area (TPSA) is 49.3 Å². The molecule has 1 aliphatic heterocycles. The van der Waals surface area contributed by atoms with Gasteiger partial charge in [0.1, 0.15) is 0 Å². The van der Waals surface area contributed by atoms with Crippen LogP contribution in [0.1, 0.15) is 41.9 Å². The number of benzene rings is 2. The van der Waals surface area contributed by atoms with Crippen molar-refractivity contribution in [2.75, 3.05) is 18.0 Å². The molecule has 32 heavy (non-hydrogen) atoms. The zero-order valence-corrected chi connectivity index (χ0v) is 20.0. The van der Waals surface area contributed by atoms with Gasteiger partial charge in [0.05, 0.1) is 26.6 Å².